The first-order chi connectivity index (χ1) is 13.0. The van der Waals surface area contributed by atoms with Gasteiger partial charge in [0.2, 0.25) is 0 Å². The van der Waals surface area contributed by atoms with Crippen LogP contribution in [0.5, 0.6) is 0 Å². The highest BCUT2D eigenvalue weighted by Gasteiger charge is 2.29. The summed E-state index contributed by atoms with van der Waals surface area (Å²) >= 11 is 0. The second-order valence-electron chi connectivity index (χ2n) is 6.65. The number of Topliss-reactive ketones (excluding diaryl/α,β-unsaturated/α-hetero) is 1. The molecule has 140 valence electrons. The molecule has 0 radical (unpaired) electrons. The summed E-state index contributed by atoms with van der Waals surface area (Å²) in [6.07, 6.45) is 1.83. The van der Waals surface area contributed by atoms with E-state index in [-0.39, 0.29) is 17.7 Å². The summed E-state index contributed by atoms with van der Waals surface area (Å²) in [5, 5.41) is 4.86. The lowest BCUT2D eigenvalue weighted by Crippen LogP contribution is -2.40. The molecule has 0 spiro atoms. The molecule has 0 bridgehead atoms. The highest BCUT2D eigenvalue weighted by Crippen LogP contribution is 2.33. The summed E-state index contributed by atoms with van der Waals surface area (Å²) < 4.78 is 0. The minimum atomic E-state index is -0.668. The van der Waals surface area contributed by atoms with Gasteiger partial charge in [0.25, 0.3) is 5.91 Å². The van der Waals surface area contributed by atoms with Gasteiger partial charge in [0.1, 0.15) is 6.04 Å². The third-order valence-corrected chi connectivity index (χ3v) is 4.79. The van der Waals surface area contributed by atoms with Gasteiger partial charge in [-0.05, 0) is 30.5 Å². The molecule has 0 aliphatic carbocycles. The van der Waals surface area contributed by atoms with Crippen LogP contribution in [0.4, 0.5) is 0 Å². The molecule has 0 unspecified atom stereocenters. The first-order valence-corrected chi connectivity index (χ1v) is 9.22. The molecule has 0 fully saturated rings. The maximum atomic E-state index is 13.1. The summed E-state index contributed by atoms with van der Waals surface area (Å²) in [4.78, 5) is 25.3. The fourth-order valence-corrected chi connectivity index (χ4v) is 3.40. The number of hydrogen-bond donors (Lipinski definition) is 2. The van der Waals surface area contributed by atoms with Crippen LogP contribution in [-0.2, 0) is 9.59 Å². The van der Waals surface area contributed by atoms with Gasteiger partial charge in [-0.2, -0.15) is 0 Å². The largest absolute Gasteiger partial charge is 0.338 e. The smallest absolute Gasteiger partial charge is 0.254 e. The van der Waals surface area contributed by atoms with Crippen molar-refractivity contribution in [2.45, 2.75) is 32.9 Å². The number of nitrogens with one attached hydrogen (secondary N) is 2. The lowest BCUT2D eigenvalue weighted by molar-refractivity contribution is -0.124. The zero-order valence-corrected chi connectivity index (χ0v) is 15.9. The molecule has 2 aromatic rings. The minimum Gasteiger partial charge on any atom is -0.338 e. The van der Waals surface area contributed by atoms with Crippen molar-refractivity contribution in [3.8, 4) is 0 Å². The highest BCUT2D eigenvalue weighted by molar-refractivity contribution is 6.21. The van der Waals surface area contributed by atoms with E-state index in [9.17, 15) is 9.59 Å². The number of rotatable bonds is 6. The van der Waals surface area contributed by atoms with E-state index in [0.717, 1.165) is 23.2 Å². The summed E-state index contributed by atoms with van der Waals surface area (Å²) in [5.74, 6) is -0.363. The molecule has 1 heterocycles. The van der Waals surface area contributed by atoms with Crippen LogP contribution in [0.25, 0.3) is 5.57 Å². The summed E-state index contributed by atoms with van der Waals surface area (Å²) in [6.45, 7) is 6.35. The van der Waals surface area contributed by atoms with Crippen molar-refractivity contribution in [3.63, 3.8) is 0 Å². The van der Waals surface area contributed by atoms with Crippen molar-refractivity contribution >= 4 is 17.3 Å². The normalized spacial score (nSPS) is 16.9. The molecule has 2 atom stereocenters. The van der Waals surface area contributed by atoms with Crippen LogP contribution >= 0.6 is 0 Å². The molecule has 2 N–H and O–H groups in total. The number of hydrogen-bond acceptors (Lipinski definition) is 4. The predicted molar refractivity (Wildman–Crippen MR) is 106 cm³/mol. The Kier molecular flexibility index (Phi) is 5.72. The van der Waals surface area contributed by atoms with Crippen molar-refractivity contribution in [1.29, 1.82) is 0 Å². The monoisotopic (exact) mass is 363 g/mol. The van der Waals surface area contributed by atoms with Gasteiger partial charge >= 0.3 is 0 Å². The topological polar surface area (TPSA) is 61.4 Å². The number of carbonyl (C=O) groups is 2. The molecule has 5 heteroatoms. The van der Waals surface area contributed by atoms with Crippen LogP contribution in [0.15, 0.2) is 60.8 Å². The Balaban J connectivity index is 1.94. The Morgan fingerprint density at radius 3 is 2.41 bits per heavy atom. The second kappa shape index (κ2) is 8.18. The number of hydrazine groups is 1. The molecule has 1 aliphatic rings. The second-order valence-corrected chi connectivity index (χ2v) is 6.65. The SMILES string of the molecule is CCNN1C=C(C(=O)N[C@H](C(C)=O)c2ccccc2)c2ccccc2[C@@H]1C. The average molecular weight is 363 g/mol. The predicted octanol–water partition coefficient (Wildman–Crippen LogP) is 3.38. The van der Waals surface area contributed by atoms with Gasteiger partial charge in [-0.3, -0.25) is 9.59 Å². The molecule has 1 aliphatic heterocycles. The Morgan fingerprint density at radius 2 is 1.74 bits per heavy atom. The number of amides is 1. The van der Waals surface area contributed by atoms with E-state index in [1.54, 1.807) is 0 Å². The van der Waals surface area contributed by atoms with Crippen LogP contribution in [0, 0.1) is 0 Å². The molecule has 0 saturated carbocycles. The average Bonchev–Trinajstić information content (AvgIpc) is 2.68. The van der Waals surface area contributed by atoms with E-state index in [0.29, 0.717) is 5.57 Å². The number of ketones is 1. The minimum absolute atomic E-state index is 0.101. The van der Waals surface area contributed by atoms with E-state index in [1.165, 1.54) is 6.92 Å². The third-order valence-electron chi connectivity index (χ3n) is 4.79. The van der Waals surface area contributed by atoms with E-state index >= 15 is 0 Å². The van der Waals surface area contributed by atoms with Gasteiger partial charge in [-0.25, -0.2) is 5.43 Å². The standard InChI is InChI=1S/C22H25N3O2/c1-4-23-25-14-20(19-13-9-8-12-18(19)15(25)2)22(27)24-21(16(3)26)17-10-6-5-7-11-17/h5-15,21,23H,4H2,1-3H3,(H,24,27)/t15-,21+/m0/s1. The summed E-state index contributed by atoms with van der Waals surface area (Å²) in [7, 11) is 0. The first kappa shape index (κ1) is 18.9. The van der Waals surface area contributed by atoms with Crippen LogP contribution in [0.1, 0.15) is 49.5 Å². The van der Waals surface area contributed by atoms with E-state index in [1.807, 2.05) is 72.7 Å². The van der Waals surface area contributed by atoms with Gasteiger partial charge < -0.3 is 10.3 Å². The molecule has 0 aromatic heterocycles. The lowest BCUT2D eigenvalue weighted by Gasteiger charge is -2.35. The maximum Gasteiger partial charge on any atom is 0.254 e. The van der Waals surface area contributed by atoms with Crippen LogP contribution in [0.3, 0.4) is 0 Å². The molecule has 3 rings (SSSR count). The molecule has 27 heavy (non-hydrogen) atoms. The first-order valence-electron chi connectivity index (χ1n) is 9.22. The fraction of sp³-hybridized carbons (Fsp3) is 0.273. The Hall–Kier alpha value is -2.92. The van der Waals surface area contributed by atoms with Crippen LogP contribution in [-0.4, -0.2) is 23.2 Å². The van der Waals surface area contributed by atoms with Gasteiger partial charge in [-0.15, -0.1) is 0 Å². The van der Waals surface area contributed by atoms with Gasteiger partial charge in [0, 0.05) is 12.7 Å². The van der Waals surface area contributed by atoms with E-state index in [4.69, 9.17) is 0 Å². The number of carbonyl (C=O) groups excluding carboxylic acids is 2. The highest BCUT2D eigenvalue weighted by atomic mass is 16.2. The molecule has 0 saturated heterocycles. The van der Waals surface area contributed by atoms with Gasteiger partial charge in [-0.1, -0.05) is 61.5 Å². The number of nitrogens with zero attached hydrogens (tertiary/aromatic N) is 1. The number of benzene rings is 2. The summed E-state index contributed by atoms with van der Waals surface area (Å²) in [5.41, 5.74) is 6.57. The Bertz CT molecular complexity index is 861. The maximum absolute atomic E-state index is 13.1. The molecule has 5 nitrogen and oxygen atoms in total. The molecular formula is C22H25N3O2. The van der Waals surface area contributed by atoms with Crippen LogP contribution in [0.2, 0.25) is 0 Å². The Labute approximate surface area is 160 Å². The molecular weight excluding hydrogens is 338 g/mol. The third kappa shape index (κ3) is 3.93. The van der Waals surface area contributed by atoms with Crippen molar-refractivity contribution in [1.82, 2.24) is 15.8 Å². The zero-order chi connectivity index (χ0) is 19.4. The van der Waals surface area contributed by atoms with E-state index < -0.39 is 6.04 Å². The lowest BCUT2D eigenvalue weighted by atomic mass is 9.91. The number of fused-ring (bicyclic) bond motifs is 1. The van der Waals surface area contributed by atoms with Crippen molar-refractivity contribution in [2.24, 2.45) is 0 Å². The molecule has 1 amide bonds. The molecule has 2 aromatic carbocycles. The summed E-state index contributed by atoms with van der Waals surface area (Å²) in [6, 6.07) is 16.6. The van der Waals surface area contributed by atoms with Gasteiger partial charge in [0.15, 0.2) is 5.78 Å². The Morgan fingerprint density at radius 1 is 1.07 bits per heavy atom. The van der Waals surface area contributed by atoms with Crippen molar-refractivity contribution in [2.75, 3.05) is 6.54 Å². The fourth-order valence-electron chi connectivity index (χ4n) is 3.40. The van der Waals surface area contributed by atoms with Crippen molar-refractivity contribution in [3.05, 3.63) is 77.5 Å². The zero-order valence-electron chi connectivity index (χ0n) is 15.9. The van der Waals surface area contributed by atoms with Crippen LogP contribution < -0.4 is 10.7 Å². The van der Waals surface area contributed by atoms with E-state index in [2.05, 4.69) is 17.7 Å². The van der Waals surface area contributed by atoms with Crippen molar-refractivity contribution < 1.29 is 9.59 Å². The van der Waals surface area contributed by atoms with Gasteiger partial charge in [0.05, 0.1) is 11.6 Å². The quantitative estimate of drug-likeness (QED) is 0.826.